The number of rotatable bonds is 3. The molecule has 1 spiro atoms. The Morgan fingerprint density at radius 1 is 1.18 bits per heavy atom. The van der Waals surface area contributed by atoms with Crippen LogP contribution in [0.1, 0.15) is 59.8 Å². The summed E-state index contributed by atoms with van der Waals surface area (Å²) in [4.78, 5) is 32.6. The Labute approximate surface area is 200 Å². The van der Waals surface area contributed by atoms with Gasteiger partial charge in [-0.1, -0.05) is 13.0 Å². The number of carbonyl (C=O) groups excluding carboxylic acids is 2. The molecule has 6 rings (SSSR count). The quantitative estimate of drug-likeness (QED) is 0.697. The number of likely N-dealkylation sites (N-methyl/N-ethyl adjacent to an activating group) is 1. The molecule has 7 heteroatoms. The van der Waals surface area contributed by atoms with Crippen molar-refractivity contribution in [1.29, 1.82) is 0 Å². The zero-order chi connectivity index (χ0) is 23.6. The number of ketones is 1. The first-order valence-electron chi connectivity index (χ1n) is 12.4. The number of aryl methyl sites for hydroxylation is 1. The van der Waals surface area contributed by atoms with Crippen molar-refractivity contribution in [3.63, 3.8) is 0 Å². The highest BCUT2D eigenvalue weighted by Crippen LogP contribution is 2.49. The van der Waals surface area contributed by atoms with Gasteiger partial charge in [0.1, 0.15) is 5.75 Å². The molecule has 2 fully saturated rings. The minimum atomic E-state index is -0.271. The van der Waals surface area contributed by atoms with Crippen LogP contribution in [0.15, 0.2) is 42.2 Å². The first kappa shape index (κ1) is 21.5. The molecule has 2 amide bonds. The summed E-state index contributed by atoms with van der Waals surface area (Å²) in [5.41, 5.74) is 5.02. The van der Waals surface area contributed by atoms with Gasteiger partial charge in [-0.25, -0.2) is 4.79 Å². The van der Waals surface area contributed by atoms with Crippen LogP contribution in [0.25, 0.3) is 0 Å². The highest BCUT2D eigenvalue weighted by Gasteiger charge is 2.54. The maximum absolute atomic E-state index is 13.7. The molecular weight excluding hydrogens is 428 g/mol. The maximum atomic E-state index is 13.7. The summed E-state index contributed by atoms with van der Waals surface area (Å²) in [6.45, 7) is 8.39. The lowest BCUT2D eigenvalue weighted by Crippen LogP contribution is -2.53. The SMILES string of the molecule is CCN1C(=O)N2Cc3cc4cc(c3[C@@H](C)C=C2C12CCN(Cc1cccn1C)CC2)OCC4=O. The van der Waals surface area contributed by atoms with E-state index in [1.54, 1.807) is 0 Å². The van der Waals surface area contributed by atoms with Crippen LogP contribution in [0.4, 0.5) is 4.79 Å². The number of allylic oxidation sites excluding steroid dienone is 1. The third-order valence-electron chi connectivity index (χ3n) is 8.28. The van der Waals surface area contributed by atoms with Crippen molar-refractivity contribution in [2.24, 2.45) is 7.05 Å². The topological polar surface area (TPSA) is 58.0 Å². The van der Waals surface area contributed by atoms with E-state index in [1.807, 2.05) is 17.0 Å². The Kier molecular flexibility index (Phi) is 4.88. The van der Waals surface area contributed by atoms with Crippen LogP contribution < -0.4 is 4.74 Å². The fraction of sp³-hybridized carbons (Fsp3) is 0.481. The molecule has 2 aromatic rings. The third-order valence-corrected chi connectivity index (χ3v) is 8.28. The summed E-state index contributed by atoms with van der Waals surface area (Å²) in [5.74, 6) is 0.907. The standard InChI is InChI=1S/C27H32N4O3/c1-4-31-26(33)30-15-20-13-19-14-23(34-17-22(19)32)25(20)18(2)12-24(30)27(31)7-10-29(11-8-27)16-21-6-5-9-28(21)3/h5-6,9,12-14,18H,4,7-8,10-11,15-17H2,1-3H3/t18-/m0/s1. The van der Waals surface area contributed by atoms with E-state index in [1.165, 1.54) is 5.69 Å². The Balaban J connectivity index is 1.34. The number of amides is 2. The van der Waals surface area contributed by atoms with Gasteiger partial charge in [0, 0.05) is 67.9 Å². The molecule has 0 N–H and O–H groups in total. The summed E-state index contributed by atoms with van der Waals surface area (Å²) in [6.07, 6.45) is 6.24. The number of piperidine rings is 1. The van der Waals surface area contributed by atoms with Gasteiger partial charge in [0.2, 0.25) is 0 Å². The number of aromatic nitrogens is 1. The summed E-state index contributed by atoms with van der Waals surface area (Å²) >= 11 is 0. The number of benzene rings is 1. The average molecular weight is 461 g/mol. The lowest BCUT2D eigenvalue weighted by atomic mass is 9.82. The van der Waals surface area contributed by atoms with Crippen LogP contribution in [0.5, 0.6) is 5.75 Å². The Morgan fingerprint density at radius 2 is 1.97 bits per heavy atom. The van der Waals surface area contributed by atoms with Gasteiger partial charge in [0.25, 0.3) is 0 Å². The van der Waals surface area contributed by atoms with E-state index in [-0.39, 0.29) is 29.9 Å². The number of urea groups is 1. The Morgan fingerprint density at radius 3 is 2.68 bits per heavy atom. The normalized spacial score (nSPS) is 23.5. The van der Waals surface area contributed by atoms with Crippen LogP contribution in [-0.4, -0.2) is 62.9 Å². The zero-order valence-electron chi connectivity index (χ0n) is 20.2. The number of carbonyl (C=O) groups is 2. The molecule has 5 heterocycles. The Hall–Kier alpha value is -3.06. The highest BCUT2D eigenvalue weighted by atomic mass is 16.5. The van der Waals surface area contributed by atoms with Crippen molar-refractivity contribution in [2.75, 3.05) is 26.2 Å². The monoisotopic (exact) mass is 460 g/mol. The lowest BCUT2D eigenvalue weighted by molar-refractivity contribution is 0.0878. The smallest absolute Gasteiger partial charge is 0.325 e. The number of hydrogen-bond acceptors (Lipinski definition) is 4. The number of fused-ring (bicyclic) bond motifs is 6. The number of Topliss-reactive ketones (excluding diaryl/α,β-unsaturated/α-hetero) is 1. The maximum Gasteiger partial charge on any atom is 0.325 e. The predicted molar refractivity (Wildman–Crippen MR) is 129 cm³/mol. The summed E-state index contributed by atoms with van der Waals surface area (Å²) in [7, 11) is 2.09. The third kappa shape index (κ3) is 3.06. The van der Waals surface area contributed by atoms with Gasteiger partial charge in [-0.3, -0.25) is 14.6 Å². The van der Waals surface area contributed by atoms with Crippen LogP contribution >= 0.6 is 0 Å². The molecule has 1 aromatic carbocycles. The minimum absolute atomic E-state index is 0.00498. The van der Waals surface area contributed by atoms with Crippen molar-refractivity contribution < 1.29 is 14.3 Å². The first-order chi connectivity index (χ1) is 16.4. The molecule has 7 nitrogen and oxygen atoms in total. The van der Waals surface area contributed by atoms with Gasteiger partial charge < -0.3 is 14.2 Å². The van der Waals surface area contributed by atoms with Crippen LogP contribution in [0, 0.1) is 0 Å². The molecule has 4 aliphatic rings. The van der Waals surface area contributed by atoms with E-state index in [0.717, 1.165) is 55.0 Å². The van der Waals surface area contributed by atoms with E-state index >= 15 is 0 Å². The Bertz CT molecular complexity index is 1200. The van der Waals surface area contributed by atoms with Gasteiger partial charge >= 0.3 is 6.03 Å². The summed E-state index contributed by atoms with van der Waals surface area (Å²) in [5, 5.41) is 0. The second kappa shape index (κ2) is 7.73. The van der Waals surface area contributed by atoms with Crippen molar-refractivity contribution in [1.82, 2.24) is 19.3 Å². The van der Waals surface area contributed by atoms with E-state index in [4.69, 9.17) is 4.74 Å². The lowest BCUT2D eigenvalue weighted by Gasteiger charge is -2.44. The second-order valence-corrected chi connectivity index (χ2v) is 10.1. The highest BCUT2D eigenvalue weighted by molar-refractivity contribution is 5.99. The first-order valence-corrected chi connectivity index (χ1v) is 12.4. The van der Waals surface area contributed by atoms with Crippen LogP contribution in [-0.2, 0) is 20.1 Å². The van der Waals surface area contributed by atoms with Gasteiger partial charge in [0.15, 0.2) is 12.4 Å². The number of nitrogens with zero attached hydrogens (tertiary/aromatic N) is 4. The van der Waals surface area contributed by atoms with Gasteiger partial charge in [-0.05, 0) is 49.6 Å². The van der Waals surface area contributed by atoms with E-state index in [2.05, 4.69) is 59.7 Å². The average Bonchev–Trinajstić information content (AvgIpc) is 3.25. The van der Waals surface area contributed by atoms with Gasteiger partial charge in [0.05, 0.1) is 12.1 Å². The molecule has 4 aliphatic heterocycles. The van der Waals surface area contributed by atoms with Crippen LogP contribution in [0.2, 0.25) is 0 Å². The van der Waals surface area contributed by atoms with Gasteiger partial charge in [-0.2, -0.15) is 0 Å². The molecule has 0 aliphatic carbocycles. The molecule has 0 saturated carbocycles. The molecule has 0 radical (unpaired) electrons. The summed E-state index contributed by atoms with van der Waals surface area (Å²) < 4.78 is 8.00. The molecular formula is C27H32N4O3. The van der Waals surface area contributed by atoms with E-state index < -0.39 is 0 Å². The van der Waals surface area contributed by atoms with Crippen molar-refractivity contribution in [3.05, 3.63) is 64.6 Å². The number of likely N-dealkylation sites (tertiary alicyclic amines) is 1. The molecule has 2 saturated heterocycles. The molecule has 1 atom stereocenters. The summed E-state index contributed by atoms with van der Waals surface area (Å²) in [6, 6.07) is 8.21. The fourth-order valence-electron chi connectivity index (χ4n) is 6.48. The molecule has 34 heavy (non-hydrogen) atoms. The largest absolute Gasteiger partial charge is 0.485 e. The second-order valence-electron chi connectivity index (χ2n) is 10.1. The number of ether oxygens (including phenoxy) is 1. The minimum Gasteiger partial charge on any atom is -0.485 e. The number of hydrogen-bond donors (Lipinski definition) is 0. The zero-order valence-corrected chi connectivity index (χ0v) is 20.2. The van der Waals surface area contributed by atoms with Crippen molar-refractivity contribution in [2.45, 2.75) is 51.2 Å². The molecule has 178 valence electrons. The predicted octanol–water partition coefficient (Wildman–Crippen LogP) is 3.89. The van der Waals surface area contributed by atoms with E-state index in [0.29, 0.717) is 18.7 Å². The molecule has 1 aromatic heterocycles. The molecule has 2 bridgehead atoms. The van der Waals surface area contributed by atoms with Gasteiger partial charge in [-0.15, -0.1) is 0 Å². The van der Waals surface area contributed by atoms with Crippen molar-refractivity contribution >= 4 is 11.8 Å². The van der Waals surface area contributed by atoms with Crippen LogP contribution in [0.3, 0.4) is 0 Å². The van der Waals surface area contributed by atoms with Crippen molar-refractivity contribution in [3.8, 4) is 5.75 Å². The molecule has 0 unspecified atom stereocenters. The van der Waals surface area contributed by atoms with E-state index in [9.17, 15) is 9.59 Å². The fourth-order valence-corrected chi connectivity index (χ4v) is 6.48.